The molecule has 0 bridgehead atoms. The summed E-state index contributed by atoms with van der Waals surface area (Å²) in [5.41, 5.74) is 0. The molecule has 2 aliphatic carbocycles. The van der Waals surface area contributed by atoms with Crippen LogP contribution in [0.3, 0.4) is 0 Å². The van der Waals surface area contributed by atoms with Crippen molar-refractivity contribution in [3.63, 3.8) is 0 Å². The zero-order valence-electron chi connectivity index (χ0n) is 13.7. The van der Waals surface area contributed by atoms with Gasteiger partial charge in [0, 0.05) is 0 Å². The molecule has 2 aliphatic rings. The molecule has 1 heteroatoms. The third-order valence-corrected chi connectivity index (χ3v) is 5.74. The molecule has 20 heavy (non-hydrogen) atoms. The van der Waals surface area contributed by atoms with E-state index >= 15 is 0 Å². The van der Waals surface area contributed by atoms with Gasteiger partial charge in [-0.25, -0.2) is 0 Å². The highest BCUT2D eigenvalue weighted by Crippen LogP contribution is 2.40. The lowest BCUT2D eigenvalue weighted by Gasteiger charge is -2.39. The standard InChI is InChI=1S/C19H34O/c1-14(2)17-11-9-15(3)13-18(17)19(20)12-10-16-7-5-4-6-8-16/h10,12,14-20H,4-9,11,13H2,1-3H3/b12-10+/t15?,17?,18?,19-/m0/s1. The van der Waals surface area contributed by atoms with Gasteiger partial charge in [0.1, 0.15) is 0 Å². The summed E-state index contributed by atoms with van der Waals surface area (Å²) in [6.45, 7) is 7.00. The highest BCUT2D eigenvalue weighted by atomic mass is 16.3. The van der Waals surface area contributed by atoms with Gasteiger partial charge in [0.15, 0.2) is 0 Å². The van der Waals surface area contributed by atoms with Gasteiger partial charge < -0.3 is 5.11 Å². The first-order valence-electron chi connectivity index (χ1n) is 8.94. The number of allylic oxidation sites excluding steroid dienone is 1. The highest BCUT2D eigenvalue weighted by Gasteiger charge is 2.34. The fourth-order valence-corrected chi connectivity index (χ4v) is 4.41. The van der Waals surface area contributed by atoms with E-state index in [0.29, 0.717) is 17.8 Å². The van der Waals surface area contributed by atoms with Crippen molar-refractivity contribution in [3.8, 4) is 0 Å². The molecule has 0 aliphatic heterocycles. The zero-order chi connectivity index (χ0) is 14.5. The van der Waals surface area contributed by atoms with Gasteiger partial charge in [0.2, 0.25) is 0 Å². The van der Waals surface area contributed by atoms with Crippen LogP contribution in [-0.2, 0) is 0 Å². The van der Waals surface area contributed by atoms with E-state index in [1.165, 1.54) is 51.4 Å². The summed E-state index contributed by atoms with van der Waals surface area (Å²) in [7, 11) is 0. The first kappa shape index (κ1) is 16.1. The first-order chi connectivity index (χ1) is 9.58. The van der Waals surface area contributed by atoms with E-state index in [2.05, 4.69) is 32.9 Å². The largest absolute Gasteiger partial charge is 0.389 e. The van der Waals surface area contributed by atoms with Crippen molar-refractivity contribution in [1.29, 1.82) is 0 Å². The molecule has 0 amide bonds. The Bertz CT molecular complexity index is 301. The van der Waals surface area contributed by atoms with Gasteiger partial charge in [0.25, 0.3) is 0 Å². The van der Waals surface area contributed by atoms with E-state index in [1.807, 2.05) is 0 Å². The molecule has 4 atom stereocenters. The minimum Gasteiger partial charge on any atom is -0.389 e. The molecule has 0 radical (unpaired) electrons. The molecule has 1 nitrogen and oxygen atoms in total. The van der Waals surface area contributed by atoms with E-state index < -0.39 is 0 Å². The predicted octanol–water partition coefficient (Wildman–Crippen LogP) is 5.19. The van der Waals surface area contributed by atoms with Crippen molar-refractivity contribution < 1.29 is 5.11 Å². The number of hydrogen-bond donors (Lipinski definition) is 1. The number of rotatable bonds is 4. The van der Waals surface area contributed by atoms with Gasteiger partial charge in [-0.1, -0.05) is 58.6 Å². The van der Waals surface area contributed by atoms with Crippen molar-refractivity contribution in [3.05, 3.63) is 12.2 Å². The molecule has 0 aromatic rings. The normalized spacial score (nSPS) is 34.8. The quantitative estimate of drug-likeness (QED) is 0.701. The summed E-state index contributed by atoms with van der Waals surface area (Å²) < 4.78 is 0. The Morgan fingerprint density at radius 1 is 0.950 bits per heavy atom. The van der Waals surface area contributed by atoms with Gasteiger partial charge in [-0.15, -0.1) is 0 Å². The number of aliphatic hydroxyl groups excluding tert-OH is 1. The van der Waals surface area contributed by atoms with Crippen LogP contribution in [0.2, 0.25) is 0 Å². The Hall–Kier alpha value is -0.300. The topological polar surface area (TPSA) is 20.2 Å². The zero-order valence-corrected chi connectivity index (χ0v) is 13.7. The Balaban J connectivity index is 1.93. The first-order valence-corrected chi connectivity index (χ1v) is 8.94. The van der Waals surface area contributed by atoms with E-state index in [4.69, 9.17) is 0 Å². The van der Waals surface area contributed by atoms with Gasteiger partial charge in [-0.2, -0.15) is 0 Å². The van der Waals surface area contributed by atoms with Crippen molar-refractivity contribution in [2.24, 2.45) is 29.6 Å². The van der Waals surface area contributed by atoms with Crippen molar-refractivity contribution in [1.82, 2.24) is 0 Å². The molecule has 0 spiro atoms. The molecule has 2 rings (SSSR count). The molecule has 0 aromatic heterocycles. The minimum atomic E-state index is -0.216. The third-order valence-electron chi connectivity index (χ3n) is 5.74. The lowest BCUT2D eigenvalue weighted by Crippen LogP contribution is -2.35. The van der Waals surface area contributed by atoms with Crippen molar-refractivity contribution in [2.75, 3.05) is 0 Å². The van der Waals surface area contributed by atoms with E-state index in [-0.39, 0.29) is 6.10 Å². The summed E-state index contributed by atoms with van der Waals surface area (Å²) in [5, 5.41) is 10.7. The maximum Gasteiger partial charge on any atom is 0.0752 e. The molecule has 0 aromatic carbocycles. The lowest BCUT2D eigenvalue weighted by atomic mass is 9.68. The highest BCUT2D eigenvalue weighted by molar-refractivity contribution is 4.99. The van der Waals surface area contributed by atoms with Gasteiger partial charge >= 0.3 is 0 Å². The van der Waals surface area contributed by atoms with Crippen molar-refractivity contribution >= 4 is 0 Å². The average Bonchev–Trinajstić information content (AvgIpc) is 2.45. The summed E-state index contributed by atoms with van der Waals surface area (Å²) >= 11 is 0. The molecule has 3 unspecified atom stereocenters. The average molecular weight is 278 g/mol. The van der Waals surface area contributed by atoms with Crippen LogP contribution in [0.1, 0.15) is 72.1 Å². The van der Waals surface area contributed by atoms with Crippen LogP contribution in [0.15, 0.2) is 12.2 Å². The van der Waals surface area contributed by atoms with Crippen molar-refractivity contribution in [2.45, 2.75) is 78.2 Å². The van der Waals surface area contributed by atoms with Crippen LogP contribution in [0.4, 0.5) is 0 Å². The SMILES string of the molecule is CC1CCC(C(C)C)C([C@@H](O)/C=C/C2CCCCC2)C1. The van der Waals surface area contributed by atoms with Crippen LogP contribution >= 0.6 is 0 Å². The molecule has 116 valence electrons. The predicted molar refractivity (Wildman–Crippen MR) is 86.6 cm³/mol. The van der Waals surface area contributed by atoms with E-state index in [1.54, 1.807) is 0 Å². The summed E-state index contributed by atoms with van der Waals surface area (Å²) in [6, 6.07) is 0. The second-order valence-corrected chi connectivity index (χ2v) is 7.76. The fraction of sp³-hybridized carbons (Fsp3) is 0.895. The molecular weight excluding hydrogens is 244 g/mol. The van der Waals surface area contributed by atoms with Crippen LogP contribution in [0.5, 0.6) is 0 Å². The van der Waals surface area contributed by atoms with Gasteiger partial charge in [0.05, 0.1) is 6.10 Å². The van der Waals surface area contributed by atoms with Crippen LogP contribution in [-0.4, -0.2) is 11.2 Å². The Kier molecular flexibility index (Phi) is 6.14. The van der Waals surface area contributed by atoms with Gasteiger partial charge in [-0.05, 0) is 55.3 Å². The maximum atomic E-state index is 10.7. The second kappa shape index (κ2) is 7.64. The second-order valence-electron chi connectivity index (χ2n) is 7.76. The molecule has 2 saturated carbocycles. The molecule has 2 fully saturated rings. The maximum absolute atomic E-state index is 10.7. The summed E-state index contributed by atoms with van der Waals surface area (Å²) in [6.07, 6.45) is 14.9. The Morgan fingerprint density at radius 2 is 1.65 bits per heavy atom. The monoisotopic (exact) mass is 278 g/mol. The molecule has 0 saturated heterocycles. The third kappa shape index (κ3) is 4.35. The summed E-state index contributed by atoms with van der Waals surface area (Å²) in [5.74, 6) is 3.41. The number of hydrogen-bond acceptors (Lipinski definition) is 1. The van der Waals surface area contributed by atoms with Crippen LogP contribution < -0.4 is 0 Å². The van der Waals surface area contributed by atoms with Crippen LogP contribution in [0.25, 0.3) is 0 Å². The smallest absolute Gasteiger partial charge is 0.0752 e. The van der Waals surface area contributed by atoms with Gasteiger partial charge in [-0.3, -0.25) is 0 Å². The molecular formula is C19H34O. The number of aliphatic hydroxyl groups is 1. The fourth-order valence-electron chi connectivity index (χ4n) is 4.41. The lowest BCUT2D eigenvalue weighted by molar-refractivity contribution is 0.0423. The van der Waals surface area contributed by atoms with E-state index in [9.17, 15) is 5.11 Å². The van der Waals surface area contributed by atoms with E-state index in [0.717, 1.165) is 11.8 Å². The molecule has 0 heterocycles. The summed E-state index contributed by atoms with van der Waals surface area (Å²) in [4.78, 5) is 0. The molecule has 1 N–H and O–H groups in total. The Labute approximate surface area is 125 Å². The minimum absolute atomic E-state index is 0.216. The Morgan fingerprint density at radius 3 is 2.30 bits per heavy atom. The van der Waals surface area contributed by atoms with Crippen LogP contribution in [0, 0.1) is 29.6 Å².